The number of carbonyl (C=O) groups is 1. The van der Waals surface area contributed by atoms with E-state index in [-0.39, 0.29) is 5.91 Å². The number of hydrogen-bond acceptors (Lipinski definition) is 3. The molecule has 0 saturated carbocycles. The van der Waals surface area contributed by atoms with Gasteiger partial charge < -0.3 is 9.73 Å². The Morgan fingerprint density at radius 3 is 2.83 bits per heavy atom. The number of rotatable bonds is 5. The molecule has 1 aliphatic rings. The van der Waals surface area contributed by atoms with Crippen LogP contribution in [0.1, 0.15) is 39.2 Å². The van der Waals surface area contributed by atoms with E-state index < -0.39 is 0 Å². The summed E-state index contributed by atoms with van der Waals surface area (Å²) >= 11 is 0. The van der Waals surface area contributed by atoms with E-state index in [2.05, 4.69) is 42.3 Å². The number of nitrogens with zero attached hydrogens (tertiary/aromatic N) is 1. The first-order valence-corrected chi connectivity index (χ1v) is 8.63. The second kappa shape index (κ2) is 7.22. The van der Waals surface area contributed by atoms with Crippen LogP contribution in [0.25, 0.3) is 0 Å². The van der Waals surface area contributed by atoms with Crippen molar-refractivity contribution in [2.24, 2.45) is 5.92 Å². The van der Waals surface area contributed by atoms with Crippen molar-refractivity contribution in [2.75, 3.05) is 19.6 Å². The van der Waals surface area contributed by atoms with Crippen LogP contribution in [0, 0.1) is 26.7 Å². The Hall–Kier alpha value is -2.07. The maximum absolute atomic E-state index is 12.1. The molecule has 1 aliphatic heterocycles. The molecule has 1 fully saturated rings. The van der Waals surface area contributed by atoms with Crippen molar-refractivity contribution < 1.29 is 9.21 Å². The summed E-state index contributed by atoms with van der Waals surface area (Å²) in [6.07, 6.45) is 2.69. The van der Waals surface area contributed by atoms with Crippen molar-refractivity contribution in [1.82, 2.24) is 10.2 Å². The molecule has 2 heterocycles. The van der Waals surface area contributed by atoms with Crippen molar-refractivity contribution in [2.45, 2.75) is 33.7 Å². The van der Waals surface area contributed by atoms with Gasteiger partial charge in [0, 0.05) is 25.2 Å². The molecular weight excluding hydrogens is 300 g/mol. The molecule has 128 valence electrons. The zero-order valence-electron chi connectivity index (χ0n) is 14.8. The molecule has 0 radical (unpaired) electrons. The van der Waals surface area contributed by atoms with Gasteiger partial charge in [0.2, 0.25) is 0 Å². The summed E-state index contributed by atoms with van der Waals surface area (Å²) < 4.78 is 5.24. The average Bonchev–Trinajstić information content (AvgIpc) is 3.17. The Labute approximate surface area is 143 Å². The van der Waals surface area contributed by atoms with Crippen LogP contribution in [-0.2, 0) is 6.54 Å². The molecular formula is C20H26N2O2. The molecule has 4 nitrogen and oxygen atoms in total. The predicted molar refractivity (Wildman–Crippen MR) is 95.1 cm³/mol. The van der Waals surface area contributed by atoms with E-state index in [4.69, 9.17) is 4.42 Å². The minimum atomic E-state index is -0.106. The van der Waals surface area contributed by atoms with Gasteiger partial charge in [-0.05, 0) is 56.8 Å². The number of amides is 1. The standard InChI is InChI=1S/C20H26N2O2/c1-14-4-5-15(2)18(10-14)13-22-8-6-17(12-22)11-21-20(23)19-16(3)7-9-24-19/h4-5,7,9-10,17H,6,8,11-13H2,1-3H3,(H,21,23)/t17-/m0/s1. The zero-order valence-corrected chi connectivity index (χ0v) is 14.8. The monoisotopic (exact) mass is 326 g/mol. The molecule has 3 rings (SSSR count). The number of aryl methyl sites for hydroxylation is 3. The van der Waals surface area contributed by atoms with Crippen molar-refractivity contribution >= 4 is 5.91 Å². The quantitative estimate of drug-likeness (QED) is 0.915. The molecule has 1 atom stereocenters. The Kier molecular flexibility index (Phi) is 5.05. The minimum absolute atomic E-state index is 0.106. The second-order valence-corrected chi connectivity index (χ2v) is 6.96. The average molecular weight is 326 g/mol. The molecule has 0 aliphatic carbocycles. The normalized spacial score (nSPS) is 18.0. The summed E-state index contributed by atoms with van der Waals surface area (Å²) in [5.41, 5.74) is 4.96. The lowest BCUT2D eigenvalue weighted by atomic mass is 10.1. The third-order valence-corrected chi connectivity index (χ3v) is 4.89. The Bertz CT molecular complexity index is 720. The highest BCUT2D eigenvalue weighted by atomic mass is 16.3. The van der Waals surface area contributed by atoms with Gasteiger partial charge in [0.25, 0.3) is 5.91 Å². The number of likely N-dealkylation sites (tertiary alicyclic amines) is 1. The summed E-state index contributed by atoms with van der Waals surface area (Å²) in [4.78, 5) is 14.6. The Balaban J connectivity index is 1.50. The van der Waals surface area contributed by atoms with E-state index in [1.54, 1.807) is 6.26 Å². The molecule has 1 aromatic heterocycles. The molecule has 1 N–H and O–H groups in total. The van der Waals surface area contributed by atoms with E-state index in [0.717, 1.165) is 31.6 Å². The summed E-state index contributed by atoms with van der Waals surface area (Å²) in [5.74, 6) is 0.833. The van der Waals surface area contributed by atoms with Crippen LogP contribution in [0.5, 0.6) is 0 Å². The van der Waals surface area contributed by atoms with Crippen molar-refractivity contribution in [1.29, 1.82) is 0 Å². The topological polar surface area (TPSA) is 45.5 Å². The van der Waals surface area contributed by atoms with Gasteiger partial charge in [-0.15, -0.1) is 0 Å². The van der Waals surface area contributed by atoms with Crippen LogP contribution in [0.4, 0.5) is 0 Å². The fourth-order valence-corrected chi connectivity index (χ4v) is 3.36. The number of hydrogen-bond donors (Lipinski definition) is 1. The van der Waals surface area contributed by atoms with Gasteiger partial charge in [0.1, 0.15) is 0 Å². The van der Waals surface area contributed by atoms with Crippen molar-refractivity contribution in [3.63, 3.8) is 0 Å². The summed E-state index contributed by atoms with van der Waals surface area (Å²) in [7, 11) is 0. The summed E-state index contributed by atoms with van der Waals surface area (Å²) in [6, 6.07) is 8.46. The van der Waals surface area contributed by atoms with Crippen molar-refractivity contribution in [3.8, 4) is 0 Å². The maximum Gasteiger partial charge on any atom is 0.287 e. The van der Waals surface area contributed by atoms with E-state index in [1.165, 1.54) is 16.7 Å². The van der Waals surface area contributed by atoms with Gasteiger partial charge in [-0.1, -0.05) is 23.8 Å². The molecule has 0 unspecified atom stereocenters. The highest BCUT2D eigenvalue weighted by Gasteiger charge is 2.24. The van der Waals surface area contributed by atoms with Crippen LogP contribution < -0.4 is 5.32 Å². The zero-order chi connectivity index (χ0) is 17.1. The Morgan fingerprint density at radius 1 is 1.25 bits per heavy atom. The van der Waals surface area contributed by atoms with Crippen LogP contribution >= 0.6 is 0 Å². The van der Waals surface area contributed by atoms with E-state index in [0.29, 0.717) is 18.2 Å². The molecule has 0 spiro atoms. The van der Waals surface area contributed by atoms with Gasteiger partial charge in [-0.25, -0.2) is 0 Å². The molecule has 4 heteroatoms. The Morgan fingerprint density at radius 2 is 2.08 bits per heavy atom. The minimum Gasteiger partial charge on any atom is -0.459 e. The lowest BCUT2D eigenvalue weighted by Gasteiger charge is -2.18. The maximum atomic E-state index is 12.1. The molecule has 0 bridgehead atoms. The fraction of sp³-hybridized carbons (Fsp3) is 0.450. The van der Waals surface area contributed by atoms with E-state index in [1.807, 2.05) is 13.0 Å². The van der Waals surface area contributed by atoms with Crippen LogP contribution in [0.2, 0.25) is 0 Å². The largest absolute Gasteiger partial charge is 0.459 e. The van der Waals surface area contributed by atoms with Crippen LogP contribution in [0.15, 0.2) is 34.9 Å². The second-order valence-electron chi connectivity index (χ2n) is 6.96. The van der Waals surface area contributed by atoms with Gasteiger partial charge in [-0.3, -0.25) is 9.69 Å². The molecule has 1 amide bonds. The number of nitrogens with one attached hydrogen (secondary N) is 1. The predicted octanol–water partition coefficient (Wildman–Crippen LogP) is 3.46. The molecule has 24 heavy (non-hydrogen) atoms. The fourth-order valence-electron chi connectivity index (χ4n) is 3.36. The van der Waals surface area contributed by atoms with Gasteiger partial charge in [0.05, 0.1) is 6.26 Å². The third kappa shape index (κ3) is 3.88. The molecule has 1 saturated heterocycles. The number of benzene rings is 1. The van der Waals surface area contributed by atoms with Gasteiger partial charge in [0.15, 0.2) is 5.76 Å². The highest BCUT2D eigenvalue weighted by Crippen LogP contribution is 2.20. The lowest BCUT2D eigenvalue weighted by Crippen LogP contribution is -2.31. The van der Waals surface area contributed by atoms with Crippen LogP contribution in [0.3, 0.4) is 0 Å². The first-order chi connectivity index (χ1) is 11.5. The van der Waals surface area contributed by atoms with E-state index >= 15 is 0 Å². The van der Waals surface area contributed by atoms with E-state index in [9.17, 15) is 4.79 Å². The first kappa shape index (κ1) is 16.8. The number of furan rings is 1. The van der Waals surface area contributed by atoms with Gasteiger partial charge >= 0.3 is 0 Å². The van der Waals surface area contributed by atoms with Crippen molar-refractivity contribution in [3.05, 3.63) is 58.5 Å². The first-order valence-electron chi connectivity index (χ1n) is 8.63. The number of carbonyl (C=O) groups excluding carboxylic acids is 1. The smallest absolute Gasteiger partial charge is 0.287 e. The summed E-state index contributed by atoms with van der Waals surface area (Å²) in [5, 5.41) is 3.01. The van der Waals surface area contributed by atoms with Gasteiger partial charge in [-0.2, -0.15) is 0 Å². The lowest BCUT2D eigenvalue weighted by molar-refractivity contribution is 0.0918. The molecule has 2 aromatic rings. The highest BCUT2D eigenvalue weighted by molar-refractivity contribution is 5.92. The van der Waals surface area contributed by atoms with Crippen LogP contribution in [-0.4, -0.2) is 30.4 Å². The SMILES string of the molecule is Cc1ccc(C)c(CN2CC[C@@H](CNC(=O)c3occc3C)C2)c1. The third-order valence-electron chi connectivity index (χ3n) is 4.89. The summed E-state index contributed by atoms with van der Waals surface area (Å²) in [6.45, 7) is 10.0. The molecule has 1 aromatic carbocycles.